The van der Waals surface area contributed by atoms with Crippen molar-refractivity contribution in [3.63, 3.8) is 0 Å². The first-order chi connectivity index (χ1) is 14.3. The molecular weight excluding hydrogens is 364 g/mol. The lowest BCUT2D eigenvalue weighted by atomic mass is 10.1. The number of rotatable bonds is 6. The van der Waals surface area contributed by atoms with Crippen molar-refractivity contribution in [1.82, 2.24) is 15.2 Å². The number of hydrogen-bond donors (Lipinski definition) is 2. The quantitative estimate of drug-likeness (QED) is 0.511. The van der Waals surface area contributed by atoms with Gasteiger partial charge >= 0.3 is 0 Å². The minimum atomic E-state index is 0.0357. The Balaban J connectivity index is 1.30. The molecule has 1 aliphatic rings. The minimum Gasteiger partial charge on any atom is -0.489 e. The van der Waals surface area contributed by atoms with E-state index in [9.17, 15) is 4.79 Å². The molecule has 2 aromatic heterocycles. The fourth-order valence-corrected chi connectivity index (χ4v) is 3.19. The van der Waals surface area contributed by atoms with E-state index in [0.717, 1.165) is 40.8 Å². The monoisotopic (exact) mass is 384 g/mol. The summed E-state index contributed by atoms with van der Waals surface area (Å²) in [5.74, 6) is 1.52. The van der Waals surface area contributed by atoms with E-state index in [1.165, 1.54) is 0 Å². The van der Waals surface area contributed by atoms with E-state index in [4.69, 9.17) is 4.74 Å². The van der Waals surface area contributed by atoms with Crippen molar-refractivity contribution < 1.29 is 9.53 Å². The molecule has 4 aromatic rings. The second-order valence-corrected chi connectivity index (χ2v) is 7.23. The van der Waals surface area contributed by atoms with Gasteiger partial charge in [0.15, 0.2) is 11.5 Å². The third kappa shape index (κ3) is 3.82. The van der Waals surface area contributed by atoms with Gasteiger partial charge in [-0.25, -0.2) is 4.98 Å². The number of benzene rings is 2. The van der Waals surface area contributed by atoms with Gasteiger partial charge in [-0.3, -0.25) is 9.89 Å². The van der Waals surface area contributed by atoms with Crippen LogP contribution >= 0.6 is 0 Å². The number of nitrogens with one attached hydrogen (secondary N) is 2. The molecule has 0 bridgehead atoms. The SMILES string of the molecule is O=C(Nc1n[nH]c2nc(-c3ccc(OCc4ccccc4)cc3)ccc12)C1CC1. The average molecular weight is 384 g/mol. The fraction of sp³-hybridized carbons (Fsp3) is 0.174. The van der Waals surface area contributed by atoms with Crippen LogP contribution in [0.5, 0.6) is 5.75 Å². The van der Waals surface area contributed by atoms with Crippen LogP contribution in [0.1, 0.15) is 18.4 Å². The summed E-state index contributed by atoms with van der Waals surface area (Å²) in [7, 11) is 0. The number of aromatic amines is 1. The molecule has 0 aliphatic heterocycles. The second kappa shape index (κ2) is 7.39. The third-order valence-corrected chi connectivity index (χ3v) is 5.01. The molecule has 1 aliphatic carbocycles. The van der Waals surface area contributed by atoms with Crippen molar-refractivity contribution in [3.05, 3.63) is 72.3 Å². The summed E-state index contributed by atoms with van der Waals surface area (Å²) in [4.78, 5) is 16.6. The minimum absolute atomic E-state index is 0.0357. The molecule has 5 rings (SSSR count). The third-order valence-electron chi connectivity index (χ3n) is 5.01. The topological polar surface area (TPSA) is 79.9 Å². The van der Waals surface area contributed by atoms with Gasteiger partial charge in [0, 0.05) is 11.5 Å². The number of hydrogen-bond acceptors (Lipinski definition) is 4. The zero-order valence-corrected chi connectivity index (χ0v) is 15.8. The Labute approximate surface area is 167 Å². The van der Waals surface area contributed by atoms with Gasteiger partial charge in [-0.05, 0) is 54.8 Å². The molecule has 0 unspecified atom stereocenters. The number of anilines is 1. The Bertz CT molecular complexity index is 1150. The molecule has 6 nitrogen and oxygen atoms in total. The number of amides is 1. The number of carbonyl (C=O) groups is 1. The fourth-order valence-electron chi connectivity index (χ4n) is 3.19. The first kappa shape index (κ1) is 17.4. The molecule has 1 saturated carbocycles. The predicted octanol–water partition coefficient (Wildman–Crippen LogP) is 4.55. The maximum Gasteiger partial charge on any atom is 0.228 e. The van der Waals surface area contributed by atoms with Gasteiger partial charge in [0.2, 0.25) is 5.91 Å². The Morgan fingerprint density at radius 3 is 2.59 bits per heavy atom. The number of ether oxygens (including phenoxy) is 1. The summed E-state index contributed by atoms with van der Waals surface area (Å²) in [6.07, 6.45) is 1.92. The summed E-state index contributed by atoms with van der Waals surface area (Å²) in [6, 6.07) is 21.8. The highest BCUT2D eigenvalue weighted by Gasteiger charge is 2.30. The van der Waals surface area contributed by atoms with Crippen LogP contribution in [0, 0.1) is 5.92 Å². The highest BCUT2D eigenvalue weighted by Crippen LogP contribution is 2.31. The Morgan fingerprint density at radius 1 is 1.03 bits per heavy atom. The van der Waals surface area contributed by atoms with Crippen molar-refractivity contribution in [2.75, 3.05) is 5.32 Å². The van der Waals surface area contributed by atoms with Gasteiger partial charge in [-0.15, -0.1) is 0 Å². The smallest absolute Gasteiger partial charge is 0.228 e. The van der Waals surface area contributed by atoms with Crippen molar-refractivity contribution in [3.8, 4) is 17.0 Å². The van der Waals surface area contributed by atoms with Crippen LogP contribution in [0.2, 0.25) is 0 Å². The Hall–Kier alpha value is -3.67. The molecule has 0 atom stereocenters. The Morgan fingerprint density at radius 2 is 1.83 bits per heavy atom. The number of nitrogens with zero attached hydrogens (tertiary/aromatic N) is 2. The second-order valence-electron chi connectivity index (χ2n) is 7.23. The van der Waals surface area contributed by atoms with Gasteiger partial charge in [0.1, 0.15) is 12.4 Å². The van der Waals surface area contributed by atoms with E-state index in [2.05, 4.69) is 20.5 Å². The number of carbonyl (C=O) groups excluding carboxylic acids is 1. The summed E-state index contributed by atoms with van der Waals surface area (Å²) >= 11 is 0. The van der Waals surface area contributed by atoms with Crippen LogP contribution in [-0.4, -0.2) is 21.1 Å². The van der Waals surface area contributed by atoms with Gasteiger partial charge in [-0.1, -0.05) is 30.3 Å². The molecule has 2 aromatic carbocycles. The highest BCUT2D eigenvalue weighted by atomic mass is 16.5. The highest BCUT2D eigenvalue weighted by molar-refractivity contribution is 6.00. The molecule has 0 radical (unpaired) electrons. The van der Waals surface area contributed by atoms with Crippen LogP contribution in [0.25, 0.3) is 22.3 Å². The first-order valence-electron chi connectivity index (χ1n) is 9.69. The van der Waals surface area contributed by atoms with Crippen LogP contribution in [0.4, 0.5) is 5.82 Å². The zero-order chi connectivity index (χ0) is 19.6. The molecule has 2 N–H and O–H groups in total. The van der Waals surface area contributed by atoms with Crippen molar-refractivity contribution in [1.29, 1.82) is 0 Å². The molecule has 29 heavy (non-hydrogen) atoms. The summed E-state index contributed by atoms with van der Waals surface area (Å²) in [6.45, 7) is 0.536. The lowest BCUT2D eigenvalue weighted by molar-refractivity contribution is -0.117. The average Bonchev–Trinajstić information content (AvgIpc) is 3.55. The van der Waals surface area contributed by atoms with Crippen molar-refractivity contribution in [2.45, 2.75) is 19.4 Å². The predicted molar refractivity (Wildman–Crippen MR) is 111 cm³/mol. The molecule has 144 valence electrons. The maximum atomic E-state index is 12.0. The molecule has 0 spiro atoms. The van der Waals surface area contributed by atoms with E-state index in [1.54, 1.807) is 0 Å². The molecule has 0 saturated heterocycles. The van der Waals surface area contributed by atoms with E-state index in [-0.39, 0.29) is 11.8 Å². The molecule has 6 heteroatoms. The summed E-state index contributed by atoms with van der Waals surface area (Å²) < 4.78 is 5.84. The van der Waals surface area contributed by atoms with Crippen LogP contribution < -0.4 is 10.1 Å². The first-order valence-corrected chi connectivity index (χ1v) is 9.69. The van der Waals surface area contributed by atoms with Crippen LogP contribution in [0.3, 0.4) is 0 Å². The maximum absolute atomic E-state index is 12.0. The van der Waals surface area contributed by atoms with Gasteiger partial charge in [-0.2, -0.15) is 5.10 Å². The molecule has 2 heterocycles. The number of H-pyrrole nitrogens is 1. The lowest BCUT2D eigenvalue weighted by Crippen LogP contribution is -2.13. The van der Waals surface area contributed by atoms with Crippen LogP contribution in [0.15, 0.2) is 66.7 Å². The molecule has 1 amide bonds. The number of aromatic nitrogens is 3. The van der Waals surface area contributed by atoms with Gasteiger partial charge in [0.25, 0.3) is 0 Å². The summed E-state index contributed by atoms with van der Waals surface area (Å²) in [5, 5.41) is 10.8. The van der Waals surface area contributed by atoms with E-state index < -0.39 is 0 Å². The van der Waals surface area contributed by atoms with Crippen molar-refractivity contribution in [2.24, 2.45) is 5.92 Å². The van der Waals surface area contributed by atoms with Crippen LogP contribution in [-0.2, 0) is 11.4 Å². The van der Waals surface area contributed by atoms with Gasteiger partial charge < -0.3 is 10.1 Å². The largest absolute Gasteiger partial charge is 0.489 e. The molecule has 1 fully saturated rings. The normalized spacial score (nSPS) is 13.4. The van der Waals surface area contributed by atoms with E-state index in [1.807, 2.05) is 66.7 Å². The molecular formula is C23H20N4O2. The number of pyridine rings is 1. The standard InChI is InChI=1S/C23H20N4O2/c28-23(17-6-7-17)25-22-19-12-13-20(24-21(19)26-27-22)16-8-10-18(11-9-16)29-14-15-4-2-1-3-5-15/h1-5,8-13,17H,6-7,14H2,(H2,24,25,26,27,28). The zero-order valence-electron chi connectivity index (χ0n) is 15.8. The summed E-state index contributed by atoms with van der Waals surface area (Å²) in [5.41, 5.74) is 3.60. The van der Waals surface area contributed by atoms with Crippen molar-refractivity contribution >= 4 is 22.8 Å². The van der Waals surface area contributed by atoms with E-state index >= 15 is 0 Å². The van der Waals surface area contributed by atoms with Gasteiger partial charge in [0.05, 0.1) is 11.1 Å². The Kier molecular flexibility index (Phi) is 4.44. The number of fused-ring (bicyclic) bond motifs is 1. The lowest BCUT2D eigenvalue weighted by Gasteiger charge is -2.07. The van der Waals surface area contributed by atoms with E-state index in [0.29, 0.717) is 18.1 Å².